The summed E-state index contributed by atoms with van der Waals surface area (Å²) in [5.41, 5.74) is 4.50. The van der Waals surface area contributed by atoms with Crippen LogP contribution in [-0.4, -0.2) is 47.9 Å². The minimum absolute atomic E-state index is 0. The molecule has 5 nitrogen and oxygen atoms in total. The molecule has 0 fully saturated rings. The summed E-state index contributed by atoms with van der Waals surface area (Å²) in [4.78, 5) is 19.4. The first kappa shape index (κ1) is 60.1. The summed E-state index contributed by atoms with van der Waals surface area (Å²) in [5, 5.41) is 10.2. The summed E-state index contributed by atoms with van der Waals surface area (Å²) in [7, 11) is 3.13. The number of aliphatic carboxylic acids is 1. The first-order valence-electron chi connectivity index (χ1n) is 4.75. The predicted octanol–water partition coefficient (Wildman–Crippen LogP) is 0.779. The molecular formula is C12H26B2Cl2N2O3. The summed E-state index contributed by atoms with van der Waals surface area (Å²) in [6.07, 6.45) is 16.8. The maximum atomic E-state index is 10.1. The molecule has 21 heavy (non-hydrogen) atoms. The Morgan fingerprint density at radius 1 is 0.952 bits per heavy atom. The van der Waals surface area contributed by atoms with Crippen molar-refractivity contribution in [1.82, 2.24) is 5.32 Å². The fourth-order valence-electron chi connectivity index (χ4n) is 0.177. The third-order valence-electron chi connectivity index (χ3n) is 0.902. The molecule has 6 radical (unpaired) electrons. The van der Waals surface area contributed by atoms with Crippen molar-refractivity contribution in [3.63, 3.8) is 0 Å². The molecule has 122 valence electrons. The Morgan fingerprint density at radius 2 is 1.14 bits per heavy atom. The largest absolute Gasteiger partial charge is 0.481 e. The second-order valence-corrected chi connectivity index (χ2v) is 1.77. The number of amides is 1. The minimum atomic E-state index is -0.745. The van der Waals surface area contributed by atoms with Crippen molar-refractivity contribution in [2.45, 2.75) is 26.7 Å². The van der Waals surface area contributed by atoms with Crippen LogP contribution in [-0.2, 0) is 9.59 Å². The lowest BCUT2D eigenvalue weighted by Crippen LogP contribution is -2.15. The highest BCUT2D eigenvalue weighted by Crippen LogP contribution is 1.68. The average molecular weight is 339 g/mol. The van der Waals surface area contributed by atoms with Gasteiger partial charge in [0.2, 0.25) is 5.91 Å². The lowest BCUT2D eigenvalue weighted by atomic mass is 10.5. The van der Waals surface area contributed by atoms with Gasteiger partial charge in [-0.2, -0.15) is 0 Å². The van der Waals surface area contributed by atoms with Gasteiger partial charge in [-0.1, -0.05) is 13.8 Å². The van der Waals surface area contributed by atoms with Gasteiger partial charge in [0.15, 0.2) is 0 Å². The van der Waals surface area contributed by atoms with Gasteiger partial charge in [-0.05, 0) is 7.05 Å². The molecule has 9 heteroatoms. The monoisotopic (exact) mass is 338 g/mol. The van der Waals surface area contributed by atoms with E-state index in [4.69, 9.17) is 5.11 Å². The quantitative estimate of drug-likeness (QED) is 0.512. The van der Waals surface area contributed by atoms with Gasteiger partial charge >= 0.3 is 5.97 Å². The second-order valence-electron chi connectivity index (χ2n) is 1.77. The molecule has 0 aromatic heterocycles. The third kappa shape index (κ3) is 234. The molecule has 0 aliphatic carbocycles. The number of rotatable bonds is 2. The molecule has 0 rings (SSSR count). The number of nitrogens with one attached hydrogen (secondary N) is 1. The van der Waals surface area contributed by atoms with Gasteiger partial charge in [0.1, 0.15) is 0 Å². The Bertz CT molecular complexity index is 193. The Hall–Kier alpha value is -1.27. The van der Waals surface area contributed by atoms with Gasteiger partial charge in [-0.25, -0.2) is 0 Å². The molecule has 0 atom stereocenters. The first-order valence-corrected chi connectivity index (χ1v) is 4.75. The van der Waals surface area contributed by atoms with Crippen LogP contribution < -0.4 is 11.1 Å². The van der Waals surface area contributed by atoms with E-state index in [1.54, 1.807) is 14.0 Å². The normalized spacial score (nSPS) is 4.43. The zero-order valence-electron chi connectivity index (χ0n) is 13.0. The van der Waals surface area contributed by atoms with E-state index in [9.17, 15) is 9.59 Å². The number of hydrogen-bond donors (Lipinski definition) is 3. The van der Waals surface area contributed by atoms with E-state index in [0.29, 0.717) is 6.42 Å². The molecule has 0 heterocycles. The van der Waals surface area contributed by atoms with Gasteiger partial charge in [0.25, 0.3) is 0 Å². The first-order chi connectivity index (χ1) is 8.08. The molecule has 0 unspecified atom stereocenters. The van der Waals surface area contributed by atoms with E-state index in [0.717, 1.165) is 0 Å². The number of terminal acetylenes is 2. The van der Waals surface area contributed by atoms with Gasteiger partial charge in [0.05, 0.1) is 0 Å². The van der Waals surface area contributed by atoms with Gasteiger partial charge in [-0.15, -0.1) is 50.5 Å². The van der Waals surface area contributed by atoms with E-state index >= 15 is 0 Å². The van der Waals surface area contributed by atoms with Crippen molar-refractivity contribution in [2.24, 2.45) is 5.73 Å². The molecule has 0 bridgehead atoms. The summed E-state index contributed by atoms with van der Waals surface area (Å²) < 4.78 is 0. The van der Waals surface area contributed by atoms with Crippen molar-refractivity contribution in [2.75, 3.05) is 14.1 Å². The van der Waals surface area contributed by atoms with Crippen molar-refractivity contribution >= 4 is 53.5 Å². The lowest BCUT2D eigenvalue weighted by molar-refractivity contribution is -0.136. The lowest BCUT2D eigenvalue weighted by Gasteiger charge is -1.87. The molecule has 4 N–H and O–H groups in total. The zero-order valence-corrected chi connectivity index (χ0v) is 14.7. The molecular weight excluding hydrogens is 313 g/mol. The number of carboxylic acids is 1. The van der Waals surface area contributed by atoms with Crippen LogP contribution in [0, 0.1) is 25.7 Å². The van der Waals surface area contributed by atoms with E-state index in [1.165, 1.54) is 7.05 Å². The second kappa shape index (κ2) is 98.5. The highest BCUT2D eigenvalue weighted by atomic mass is 35.5. The number of nitrogens with two attached hydrogens (primary N) is 1. The smallest absolute Gasteiger partial charge is 0.303 e. The molecule has 0 aliphatic rings. The summed E-state index contributed by atoms with van der Waals surface area (Å²) in [5.74, 6) is -0.653. The average Bonchev–Trinajstić information content (AvgIpc) is 2.45. The summed E-state index contributed by atoms with van der Waals surface area (Å²) >= 11 is 0. The van der Waals surface area contributed by atoms with E-state index in [1.807, 2.05) is 6.92 Å². The molecule has 0 saturated carbocycles. The molecule has 1 amide bonds. The highest BCUT2D eigenvalue weighted by molar-refractivity contribution is 5.85. The van der Waals surface area contributed by atoms with Gasteiger partial charge in [-0.3, -0.25) is 9.59 Å². The standard InChI is InChI=1S/C4H9NO.C3H6O2.2C2H2.CH5N.2B.2ClH/c1-3-4(6)5-2;1-2-3(4)5;3*1-2;;;;/h3H2,1-2H3,(H,5,6);2H2,1H3,(H,4,5);2*1-2H;2H2,1H3;;;2*1H. The fourth-order valence-corrected chi connectivity index (χ4v) is 0.177. The molecule has 0 spiro atoms. The number of carbonyl (C=O) groups is 2. The molecule has 0 aliphatic heterocycles. The Morgan fingerprint density at radius 3 is 1.14 bits per heavy atom. The Kier molecular flexibility index (Phi) is 282. The highest BCUT2D eigenvalue weighted by Gasteiger charge is 1.84. The van der Waals surface area contributed by atoms with Crippen LogP contribution in [0.3, 0.4) is 0 Å². The van der Waals surface area contributed by atoms with E-state index in [2.05, 4.69) is 36.7 Å². The minimum Gasteiger partial charge on any atom is -0.481 e. The molecule has 0 aromatic rings. The van der Waals surface area contributed by atoms with Crippen LogP contribution in [0.2, 0.25) is 0 Å². The SMILES string of the molecule is C#C.C#C.CCC(=O)NC.CCC(=O)O.CN.Cl.Cl.[B].[B]. The third-order valence-corrected chi connectivity index (χ3v) is 0.902. The van der Waals surface area contributed by atoms with Crippen LogP contribution >= 0.6 is 24.8 Å². The van der Waals surface area contributed by atoms with Crippen LogP contribution in [0.4, 0.5) is 0 Å². The van der Waals surface area contributed by atoms with Crippen LogP contribution in [0.25, 0.3) is 0 Å². The van der Waals surface area contributed by atoms with Gasteiger partial charge in [0, 0.05) is 36.7 Å². The van der Waals surface area contributed by atoms with Crippen LogP contribution in [0.15, 0.2) is 0 Å². The van der Waals surface area contributed by atoms with Crippen LogP contribution in [0.1, 0.15) is 26.7 Å². The van der Waals surface area contributed by atoms with E-state index < -0.39 is 5.97 Å². The van der Waals surface area contributed by atoms with Crippen molar-refractivity contribution < 1.29 is 14.7 Å². The van der Waals surface area contributed by atoms with E-state index in [-0.39, 0.29) is 54.0 Å². The zero-order chi connectivity index (χ0) is 15.3. The van der Waals surface area contributed by atoms with Crippen LogP contribution in [0.5, 0.6) is 0 Å². The molecule has 0 saturated heterocycles. The summed E-state index contributed by atoms with van der Waals surface area (Å²) in [6.45, 7) is 3.42. The van der Waals surface area contributed by atoms with Crippen molar-refractivity contribution in [3.05, 3.63) is 0 Å². The number of carboxylic acid groups (broad SMARTS) is 1. The van der Waals surface area contributed by atoms with Crippen molar-refractivity contribution in [1.29, 1.82) is 0 Å². The molecule has 0 aromatic carbocycles. The topological polar surface area (TPSA) is 92.4 Å². The Labute approximate surface area is 146 Å². The number of carbonyl (C=O) groups excluding carboxylic acids is 1. The Balaban J connectivity index is -0.0000000127. The maximum absolute atomic E-state index is 10.1. The summed E-state index contributed by atoms with van der Waals surface area (Å²) in [6, 6.07) is 0. The van der Waals surface area contributed by atoms with Gasteiger partial charge < -0.3 is 16.2 Å². The predicted molar refractivity (Wildman–Crippen MR) is 98.2 cm³/mol. The maximum Gasteiger partial charge on any atom is 0.303 e. The number of hydrogen-bond acceptors (Lipinski definition) is 3. The van der Waals surface area contributed by atoms with Crippen molar-refractivity contribution in [3.8, 4) is 25.7 Å². The fraction of sp³-hybridized carbons (Fsp3) is 0.500. The number of halogens is 2.